The molecule has 0 radical (unpaired) electrons. The Morgan fingerprint density at radius 2 is 2.07 bits per heavy atom. The van der Waals surface area contributed by atoms with Crippen LogP contribution in [0.15, 0.2) is 52.8 Å². The van der Waals surface area contributed by atoms with Crippen molar-refractivity contribution >= 4 is 44.1 Å². The minimum absolute atomic E-state index is 0.189. The number of rotatable bonds is 5. The predicted octanol–water partition coefficient (Wildman–Crippen LogP) is 4.66. The maximum absolute atomic E-state index is 13.2. The van der Waals surface area contributed by atoms with Crippen molar-refractivity contribution in [3.8, 4) is 5.69 Å². The van der Waals surface area contributed by atoms with E-state index in [1.54, 1.807) is 29.2 Å². The number of amides is 1. The van der Waals surface area contributed by atoms with Crippen LogP contribution in [0.1, 0.15) is 34.8 Å². The van der Waals surface area contributed by atoms with E-state index < -0.39 is 0 Å². The van der Waals surface area contributed by atoms with E-state index in [2.05, 4.69) is 36.3 Å². The van der Waals surface area contributed by atoms with Crippen molar-refractivity contribution in [2.75, 3.05) is 0 Å². The first-order valence-electron chi connectivity index (χ1n) is 8.56. The zero-order chi connectivity index (χ0) is 19.7. The summed E-state index contributed by atoms with van der Waals surface area (Å²) in [5, 5.41) is 10.8. The molecule has 0 aliphatic heterocycles. The zero-order valence-corrected chi connectivity index (χ0v) is 17.2. The first-order valence-corrected chi connectivity index (χ1v) is 10.2. The lowest BCUT2D eigenvalue weighted by atomic mass is 10.1. The van der Waals surface area contributed by atoms with Crippen LogP contribution >= 0.6 is 27.3 Å². The van der Waals surface area contributed by atoms with Gasteiger partial charge in [-0.2, -0.15) is 5.10 Å². The number of benzene rings is 1. The number of thiazole rings is 1. The standard InChI is InChI=1S/C19H15BrFN5OS/c1-2-15(19-25-17(20)10-28-19)24-18(27)14-7-22-9-16-13(14)8-23-26(16)12-5-3-11(21)4-6-12/h3-10,15H,2H2,1H3,(H,24,27)/t15-/m0/s1. The Labute approximate surface area is 172 Å². The third kappa shape index (κ3) is 3.55. The number of nitrogens with one attached hydrogen (secondary N) is 1. The van der Waals surface area contributed by atoms with E-state index in [1.807, 2.05) is 12.3 Å². The van der Waals surface area contributed by atoms with Gasteiger partial charge in [0.15, 0.2) is 0 Å². The number of nitrogens with zero attached hydrogens (tertiary/aromatic N) is 4. The Morgan fingerprint density at radius 1 is 1.29 bits per heavy atom. The maximum atomic E-state index is 13.2. The molecule has 0 aliphatic carbocycles. The molecule has 3 aromatic heterocycles. The molecular formula is C19H15BrFN5OS. The summed E-state index contributed by atoms with van der Waals surface area (Å²) in [6.45, 7) is 1.99. The highest BCUT2D eigenvalue weighted by molar-refractivity contribution is 9.10. The van der Waals surface area contributed by atoms with Crippen LogP contribution in [0.25, 0.3) is 16.6 Å². The Balaban J connectivity index is 1.67. The number of pyridine rings is 1. The van der Waals surface area contributed by atoms with Gasteiger partial charge < -0.3 is 5.32 Å². The number of halogens is 2. The van der Waals surface area contributed by atoms with Gasteiger partial charge in [-0.3, -0.25) is 9.78 Å². The number of carbonyl (C=O) groups is 1. The zero-order valence-electron chi connectivity index (χ0n) is 14.8. The van der Waals surface area contributed by atoms with Crippen LogP contribution in [0, 0.1) is 5.82 Å². The molecule has 1 amide bonds. The summed E-state index contributed by atoms with van der Waals surface area (Å²) < 4.78 is 15.6. The Bertz CT molecular complexity index is 1140. The van der Waals surface area contributed by atoms with E-state index in [9.17, 15) is 9.18 Å². The fraction of sp³-hybridized carbons (Fsp3) is 0.158. The molecule has 3 heterocycles. The van der Waals surface area contributed by atoms with Crippen LogP contribution in [-0.4, -0.2) is 25.7 Å². The van der Waals surface area contributed by atoms with E-state index in [-0.39, 0.29) is 17.8 Å². The van der Waals surface area contributed by atoms with Gasteiger partial charge in [0.1, 0.15) is 15.4 Å². The molecule has 1 aromatic carbocycles. The highest BCUT2D eigenvalue weighted by Crippen LogP contribution is 2.25. The summed E-state index contributed by atoms with van der Waals surface area (Å²) in [5.41, 5.74) is 1.79. The topological polar surface area (TPSA) is 72.7 Å². The number of fused-ring (bicyclic) bond motifs is 1. The van der Waals surface area contributed by atoms with Crippen LogP contribution in [0.4, 0.5) is 4.39 Å². The molecule has 0 bridgehead atoms. The summed E-state index contributed by atoms with van der Waals surface area (Å²) in [6, 6.07) is 5.80. The van der Waals surface area contributed by atoms with Gasteiger partial charge in [0.25, 0.3) is 5.91 Å². The van der Waals surface area contributed by atoms with Crippen molar-refractivity contribution in [2.45, 2.75) is 19.4 Å². The second-order valence-corrected chi connectivity index (χ2v) is 7.80. The largest absolute Gasteiger partial charge is 0.343 e. The van der Waals surface area contributed by atoms with Gasteiger partial charge in [-0.1, -0.05) is 6.92 Å². The van der Waals surface area contributed by atoms with Gasteiger partial charge in [0, 0.05) is 17.0 Å². The van der Waals surface area contributed by atoms with Crippen LogP contribution in [0.5, 0.6) is 0 Å². The molecule has 0 saturated carbocycles. The lowest BCUT2D eigenvalue weighted by Gasteiger charge is -2.14. The quantitative estimate of drug-likeness (QED) is 0.470. The molecule has 4 rings (SSSR count). The van der Waals surface area contributed by atoms with Gasteiger partial charge in [-0.25, -0.2) is 14.1 Å². The van der Waals surface area contributed by atoms with Crippen LogP contribution in [-0.2, 0) is 0 Å². The van der Waals surface area contributed by atoms with E-state index in [0.29, 0.717) is 28.6 Å². The Kier molecular flexibility index (Phi) is 5.19. The highest BCUT2D eigenvalue weighted by atomic mass is 79.9. The molecule has 9 heteroatoms. The molecule has 6 nitrogen and oxygen atoms in total. The number of carbonyl (C=O) groups excluding carboxylic acids is 1. The normalized spacial score (nSPS) is 12.2. The van der Waals surface area contributed by atoms with Gasteiger partial charge in [-0.05, 0) is 46.6 Å². The fourth-order valence-corrected chi connectivity index (χ4v) is 4.31. The highest BCUT2D eigenvalue weighted by Gasteiger charge is 2.20. The van der Waals surface area contributed by atoms with E-state index in [4.69, 9.17) is 0 Å². The molecule has 1 N–H and O–H groups in total. The number of hydrogen-bond donors (Lipinski definition) is 1. The molecule has 0 aliphatic rings. The third-order valence-electron chi connectivity index (χ3n) is 4.32. The minimum atomic E-state index is -0.321. The first kappa shape index (κ1) is 18.7. The molecular weight excluding hydrogens is 445 g/mol. The molecule has 0 fully saturated rings. The van der Waals surface area contributed by atoms with Crippen LogP contribution in [0.3, 0.4) is 0 Å². The summed E-state index contributed by atoms with van der Waals surface area (Å²) >= 11 is 4.83. The van der Waals surface area contributed by atoms with E-state index in [0.717, 1.165) is 9.61 Å². The minimum Gasteiger partial charge on any atom is -0.343 e. The lowest BCUT2D eigenvalue weighted by molar-refractivity contribution is 0.0937. The van der Waals surface area contributed by atoms with Crippen molar-refractivity contribution in [1.82, 2.24) is 25.1 Å². The van der Waals surface area contributed by atoms with Gasteiger partial charge in [0.05, 0.1) is 35.2 Å². The summed E-state index contributed by atoms with van der Waals surface area (Å²) in [6.07, 6.45) is 5.50. The lowest BCUT2D eigenvalue weighted by Crippen LogP contribution is -2.28. The smallest absolute Gasteiger partial charge is 0.254 e. The average Bonchev–Trinajstić information content (AvgIpc) is 3.32. The summed E-state index contributed by atoms with van der Waals surface area (Å²) in [4.78, 5) is 21.5. The second kappa shape index (κ2) is 7.76. The van der Waals surface area contributed by atoms with Gasteiger partial charge in [-0.15, -0.1) is 11.3 Å². The monoisotopic (exact) mass is 459 g/mol. The molecule has 4 aromatic rings. The van der Waals surface area contributed by atoms with Gasteiger partial charge in [0.2, 0.25) is 0 Å². The predicted molar refractivity (Wildman–Crippen MR) is 109 cm³/mol. The molecule has 0 saturated heterocycles. The van der Waals surface area contributed by atoms with E-state index in [1.165, 1.54) is 29.7 Å². The Morgan fingerprint density at radius 3 is 2.75 bits per heavy atom. The fourth-order valence-electron chi connectivity index (χ4n) is 2.91. The average molecular weight is 460 g/mol. The maximum Gasteiger partial charge on any atom is 0.254 e. The van der Waals surface area contributed by atoms with E-state index >= 15 is 0 Å². The van der Waals surface area contributed by atoms with Crippen molar-refractivity contribution in [3.05, 3.63) is 69.2 Å². The van der Waals surface area contributed by atoms with Gasteiger partial charge >= 0.3 is 0 Å². The summed E-state index contributed by atoms with van der Waals surface area (Å²) in [7, 11) is 0. The molecule has 28 heavy (non-hydrogen) atoms. The molecule has 142 valence electrons. The van der Waals surface area contributed by atoms with Crippen molar-refractivity contribution in [3.63, 3.8) is 0 Å². The van der Waals surface area contributed by atoms with Crippen LogP contribution in [0.2, 0.25) is 0 Å². The SMILES string of the molecule is CC[C@H](NC(=O)c1cncc2c1cnn2-c1ccc(F)cc1)c1nc(Br)cs1. The van der Waals surface area contributed by atoms with Crippen molar-refractivity contribution in [2.24, 2.45) is 0 Å². The van der Waals surface area contributed by atoms with Crippen molar-refractivity contribution < 1.29 is 9.18 Å². The second-order valence-electron chi connectivity index (χ2n) is 6.10. The first-order chi connectivity index (χ1) is 13.6. The molecule has 0 unspecified atom stereocenters. The summed E-state index contributed by atoms with van der Waals surface area (Å²) in [5.74, 6) is -0.562. The Hall–Kier alpha value is -2.65. The molecule has 0 spiro atoms. The van der Waals surface area contributed by atoms with Crippen molar-refractivity contribution in [1.29, 1.82) is 0 Å². The number of aromatic nitrogens is 4. The molecule has 1 atom stereocenters. The number of hydrogen-bond acceptors (Lipinski definition) is 5. The van der Waals surface area contributed by atoms with Crippen LogP contribution < -0.4 is 5.32 Å². The third-order valence-corrected chi connectivity index (χ3v) is 5.99.